The molecule has 0 spiro atoms. The monoisotopic (exact) mass is 182 g/mol. The van der Waals surface area contributed by atoms with Gasteiger partial charge in [0.15, 0.2) is 0 Å². The van der Waals surface area contributed by atoms with E-state index in [-0.39, 0.29) is 0 Å². The first kappa shape index (κ1) is 7.26. The van der Waals surface area contributed by atoms with E-state index in [4.69, 9.17) is 11.6 Å². The fourth-order valence-electron chi connectivity index (χ4n) is 1.18. The van der Waals surface area contributed by atoms with Crippen molar-refractivity contribution in [3.63, 3.8) is 0 Å². The number of halogens is 1. The van der Waals surface area contributed by atoms with E-state index in [2.05, 4.69) is 18.2 Å². The predicted octanol–water partition coefficient (Wildman–Crippen LogP) is 3.37. The highest BCUT2D eigenvalue weighted by atomic mass is 35.5. The van der Waals surface area contributed by atoms with Crippen molar-refractivity contribution in [1.29, 1.82) is 0 Å². The van der Waals surface area contributed by atoms with Gasteiger partial charge in [0.1, 0.15) is 0 Å². The average molecular weight is 183 g/mol. The van der Waals surface area contributed by atoms with Crippen LogP contribution < -0.4 is 0 Å². The number of hydrogen-bond donors (Lipinski definition) is 0. The van der Waals surface area contributed by atoms with E-state index in [0.29, 0.717) is 0 Å². The van der Waals surface area contributed by atoms with Crippen molar-refractivity contribution in [3.8, 4) is 0 Å². The summed E-state index contributed by atoms with van der Waals surface area (Å²) in [6.07, 6.45) is 0. The second-order valence-electron chi connectivity index (χ2n) is 2.42. The smallest absolute Gasteiger partial charge is 0.0247 e. The van der Waals surface area contributed by atoms with Gasteiger partial charge in [-0.15, -0.1) is 11.8 Å². The Kier molecular flexibility index (Phi) is 1.93. The van der Waals surface area contributed by atoms with Gasteiger partial charge in [0.2, 0.25) is 0 Å². The van der Waals surface area contributed by atoms with Crippen LogP contribution in [0.25, 0.3) is 5.57 Å². The fourth-order valence-corrected chi connectivity index (χ4v) is 2.55. The van der Waals surface area contributed by atoms with Crippen LogP contribution in [-0.4, -0.2) is 5.75 Å². The van der Waals surface area contributed by atoms with E-state index in [1.807, 2.05) is 17.8 Å². The molecule has 0 radical (unpaired) electrons. The summed E-state index contributed by atoms with van der Waals surface area (Å²) in [7, 11) is 0. The maximum absolute atomic E-state index is 5.66. The molecule has 0 aromatic heterocycles. The quantitative estimate of drug-likeness (QED) is 0.593. The fraction of sp³-hybridized carbons (Fsp3) is 0.111. The minimum absolute atomic E-state index is 1.02. The van der Waals surface area contributed by atoms with Crippen molar-refractivity contribution in [1.82, 2.24) is 0 Å². The van der Waals surface area contributed by atoms with E-state index in [1.165, 1.54) is 16.0 Å². The standard InChI is InChI=1S/C9H7ClS/c10-5-7-6-11-9-4-2-1-3-8(7)9/h1-5H,6H2. The molecule has 0 unspecified atom stereocenters. The normalized spacial score (nSPS) is 18.8. The maximum Gasteiger partial charge on any atom is 0.0247 e. The van der Waals surface area contributed by atoms with Crippen LogP contribution in [0.3, 0.4) is 0 Å². The second-order valence-corrected chi connectivity index (χ2v) is 3.65. The van der Waals surface area contributed by atoms with E-state index >= 15 is 0 Å². The molecule has 1 aliphatic rings. The molecule has 1 aromatic carbocycles. The van der Waals surface area contributed by atoms with Gasteiger partial charge in [-0.05, 0) is 17.2 Å². The predicted molar refractivity (Wildman–Crippen MR) is 51.0 cm³/mol. The van der Waals surface area contributed by atoms with Crippen LogP contribution in [0.4, 0.5) is 0 Å². The molecule has 0 saturated carbocycles. The van der Waals surface area contributed by atoms with Crippen molar-refractivity contribution in [2.75, 3.05) is 5.75 Å². The van der Waals surface area contributed by atoms with Gasteiger partial charge in [-0.2, -0.15) is 0 Å². The molecule has 0 bridgehead atoms. The minimum atomic E-state index is 1.02. The summed E-state index contributed by atoms with van der Waals surface area (Å²) in [5.74, 6) is 1.02. The van der Waals surface area contributed by atoms with Crippen LogP contribution in [0.1, 0.15) is 5.56 Å². The van der Waals surface area contributed by atoms with Gasteiger partial charge in [-0.3, -0.25) is 0 Å². The molecule has 2 rings (SSSR count). The molecule has 1 aliphatic heterocycles. The summed E-state index contributed by atoms with van der Waals surface area (Å²) in [6, 6.07) is 8.35. The number of thioether (sulfide) groups is 1. The van der Waals surface area contributed by atoms with Gasteiger partial charge in [0, 0.05) is 16.2 Å². The summed E-state index contributed by atoms with van der Waals surface area (Å²) in [6.45, 7) is 0. The maximum atomic E-state index is 5.66. The first-order valence-electron chi connectivity index (χ1n) is 3.43. The third-order valence-corrected chi connectivity index (χ3v) is 3.13. The second kappa shape index (κ2) is 2.92. The first-order chi connectivity index (χ1) is 5.42. The zero-order valence-corrected chi connectivity index (χ0v) is 7.45. The molecule has 1 heterocycles. The molecular weight excluding hydrogens is 176 g/mol. The Labute approximate surface area is 75.3 Å². The van der Waals surface area contributed by atoms with Crippen LogP contribution in [0.2, 0.25) is 0 Å². The summed E-state index contributed by atoms with van der Waals surface area (Å²) in [4.78, 5) is 1.35. The SMILES string of the molecule is ClC=C1CSc2ccccc21. The highest BCUT2D eigenvalue weighted by Crippen LogP contribution is 2.38. The molecule has 0 aliphatic carbocycles. The lowest BCUT2D eigenvalue weighted by Gasteiger charge is -1.95. The third kappa shape index (κ3) is 1.19. The number of fused-ring (bicyclic) bond motifs is 1. The lowest BCUT2D eigenvalue weighted by atomic mass is 10.1. The summed E-state index contributed by atoms with van der Waals surface area (Å²) >= 11 is 7.51. The Bertz CT molecular complexity index is 304. The molecule has 0 atom stereocenters. The molecule has 0 nitrogen and oxygen atoms in total. The van der Waals surface area contributed by atoms with Crippen LogP contribution >= 0.6 is 23.4 Å². The van der Waals surface area contributed by atoms with Crippen molar-refractivity contribution < 1.29 is 0 Å². The van der Waals surface area contributed by atoms with Crippen molar-refractivity contribution in [2.24, 2.45) is 0 Å². The van der Waals surface area contributed by atoms with Crippen molar-refractivity contribution in [3.05, 3.63) is 35.4 Å². The molecule has 56 valence electrons. The first-order valence-corrected chi connectivity index (χ1v) is 4.85. The van der Waals surface area contributed by atoms with E-state index in [9.17, 15) is 0 Å². The van der Waals surface area contributed by atoms with Gasteiger partial charge < -0.3 is 0 Å². The molecule has 11 heavy (non-hydrogen) atoms. The Morgan fingerprint density at radius 3 is 3.00 bits per heavy atom. The number of benzene rings is 1. The van der Waals surface area contributed by atoms with E-state index in [0.717, 1.165) is 5.75 Å². The van der Waals surface area contributed by atoms with E-state index in [1.54, 1.807) is 5.54 Å². The summed E-state index contributed by atoms with van der Waals surface area (Å²) in [5, 5.41) is 0. The molecule has 0 saturated heterocycles. The molecule has 0 N–H and O–H groups in total. The Balaban J connectivity index is 2.55. The minimum Gasteiger partial charge on any atom is -0.121 e. The highest BCUT2D eigenvalue weighted by Gasteiger charge is 2.14. The largest absolute Gasteiger partial charge is 0.121 e. The van der Waals surface area contributed by atoms with Gasteiger partial charge in [0.05, 0.1) is 0 Å². The van der Waals surface area contributed by atoms with Crippen LogP contribution in [0.5, 0.6) is 0 Å². The average Bonchev–Trinajstić information content (AvgIpc) is 2.47. The lowest BCUT2D eigenvalue weighted by molar-refractivity contribution is 1.43. The van der Waals surface area contributed by atoms with Crippen LogP contribution in [-0.2, 0) is 0 Å². The molecule has 0 fully saturated rings. The van der Waals surface area contributed by atoms with Crippen molar-refractivity contribution in [2.45, 2.75) is 4.90 Å². The van der Waals surface area contributed by atoms with Gasteiger partial charge in [-0.25, -0.2) is 0 Å². The highest BCUT2D eigenvalue weighted by molar-refractivity contribution is 8.00. The lowest BCUT2D eigenvalue weighted by Crippen LogP contribution is -1.76. The molecule has 2 heteroatoms. The van der Waals surface area contributed by atoms with Crippen LogP contribution in [0.15, 0.2) is 34.7 Å². The summed E-state index contributed by atoms with van der Waals surface area (Å²) < 4.78 is 0. The number of rotatable bonds is 0. The van der Waals surface area contributed by atoms with Crippen LogP contribution in [0, 0.1) is 0 Å². The third-order valence-electron chi connectivity index (χ3n) is 1.75. The van der Waals surface area contributed by atoms with Gasteiger partial charge in [-0.1, -0.05) is 29.8 Å². The van der Waals surface area contributed by atoms with E-state index < -0.39 is 0 Å². The van der Waals surface area contributed by atoms with Gasteiger partial charge in [0.25, 0.3) is 0 Å². The zero-order chi connectivity index (χ0) is 7.68. The molecular formula is C9H7ClS. The Morgan fingerprint density at radius 1 is 1.36 bits per heavy atom. The van der Waals surface area contributed by atoms with Gasteiger partial charge >= 0.3 is 0 Å². The number of hydrogen-bond acceptors (Lipinski definition) is 1. The Hall–Kier alpha value is -0.400. The Morgan fingerprint density at radius 2 is 2.18 bits per heavy atom. The zero-order valence-electron chi connectivity index (χ0n) is 5.88. The summed E-state index contributed by atoms with van der Waals surface area (Å²) in [5.41, 5.74) is 4.22. The molecule has 0 amide bonds. The van der Waals surface area contributed by atoms with Crippen molar-refractivity contribution >= 4 is 28.9 Å². The molecule has 1 aromatic rings. The topological polar surface area (TPSA) is 0 Å².